The standard InChI is InChI=1S/C21H23N3O4/c1-14-11-17(25)15-5-2-3-6-16(15)23(14)13-20(27)22-9-7-21-18(22)12-19(26)24(21)8-4-10-28-21/h2-3,5-6,11,18H,4,7-10,12-13H2,1H3/t18-,21+/m1/s1. The van der Waals surface area contributed by atoms with Crippen LogP contribution in [0.3, 0.4) is 0 Å². The minimum Gasteiger partial charge on any atom is -0.353 e. The Morgan fingerprint density at radius 1 is 1.25 bits per heavy atom. The van der Waals surface area contributed by atoms with Crippen molar-refractivity contribution in [3.8, 4) is 0 Å². The fourth-order valence-corrected chi connectivity index (χ4v) is 5.14. The number of fused-ring (bicyclic) bond motifs is 1. The number of aryl methyl sites for hydroxylation is 1. The Bertz CT molecular complexity index is 1050. The number of ether oxygens (including phenoxy) is 1. The number of benzene rings is 1. The van der Waals surface area contributed by atoms with Gasteiger partial charge in [0.05, 0.1) is 24.6 Å². The van der Waals surface area contributed by atoms with Crippen LogP contribution in [0.15, 0.2) is 35.1 Å². The fraction of sp³-hybridized carbons (Fsp3) is 0.476. The number of amides is 2. The lowest BCUT2D eigenvalue weighted by molar-refractivity contribution is -0.181. The van der Waals surface area contributed by atoms with E-state index < -0.39 is 5.72 Å². The van der Waals surface area contributed by atoms with Crippen molar-refractivity contribution in [3.05, 3.63) is 46.2 Å². The number of para-hydroxylation sites is 1. The number of rotatable bonds is 2. The first-order valence-corrected chi connectivity index (χ1v) is 9.84. The highest BCUT2D eigenvalue weighted by atomic mass is 16.5. The highest BCUT2D eigenvalue weighted by Crippen LogP contribution is 2.44. The number of hydrogen-bond donors (Lipinski definition) is 0. The van der Waals surface area contributed by atoms with Crippen molar-refractivity contribution in [3.63, 3.8) is 0 Å². The van der Waals surface area contributed by atoms with Gasteiger partial charge in [0.15, 0.2) is 11.2 Å². The molecule has 0 saturated carbocycles. The third-order valence-electron chi connectivity index (χ3n) is 6.45. The van der Waals surface area contributed by atoms with Gasteiger partial charge in [-0.15, -0.1) is 0 Å². The van der Waals surface area contributed by atoms with Crippen LogP contribution in [0.2, 0.25) is 0 Å². The average Bonchev–Trinajstić information content (AvgIpc) is 3.17. The first-order valence-electron chi connectivity index (χ1n) is 9.84. The molecule has 0 unspecified atom stereocenters. The zero-order valence-electron chi connectivity index (χ0n) is 15.9. The van der Waals surface area contributed by atoms with Gasteiger partial charge in [0.2, 0.25) is 11.8 Å². The summed E-state index contributed by atoms with van der Waals surface area (Å²) in [7, 11) is 0. The Hall–Kier alpha value is -2.67. The summed E-state index contributed by atoms with van der Waals surface area (Å²) in [6.07, 6.45) is 1.84. The van der Waals surface area contributed by atoms with Crippen LogP contribution < -0.4 is 5.43 Å². The van der Waals surface area contributed by atoms with Crippen LogP contribution in [0.25, 0.3) is 10.9 Å². The number of pyridine rings is 1. The van der Waals surface area contributed by atoms with E-state index in [1.165, 1.54) is 0 Å². The SMILES string of the molecule is Cc1cc(=O)c2ccccc2n1CC(=O)N1CC[C@@]23OCCCN2C(=O)C[C@@H]13. The lowest BCUT2D eigenvalue weighted by atomic mass is 10.0. The molecule has 2 aromatic rings. The zero-order valence-corrected chi connectivity index (χ0v) is 15.9. The smallest absolute Gasteiger partial charge is 0.242 e. The Balaban J connectivity index is 1.47. The Morgan fingerprint density at radius 2 is 2.07 bits per heavy atom. The molecule has 1 aromatic carbocycles. The summed E-state index contributed by atoms with van der Waals surface area (Å²) in [5.74, 6) is 0.0368. The van der Waals surface area contributed by atoms with Gasteiger partial charge >= 0.3 is 0 Å². The summed E-state index contributed by atoms with van der Waals surface area (Å²) < 4.78 is 7.98. The number of aromatic nitrogens is 1. The third kappa shape index (κ3) is 2.35. The molecule has 7 heteroatoms. The topological polar surface area (TPSA) is 71.9 Å². The van der Waals surface area contributed by atoms with E-state index >= 15 is 0 Å². The summed E-state index contributed by atoms with van der Waals surface area (Å²) in [6.45, 7) is 3.92. The number of hydrogen-bond acceptors (Lipinski definition) is 4. The Kier molecular flexibility index (Phi) is 3.84. The molecule has 1 aromatic heterocycles. The van der Waals surface area contributed by atoms with Gasteiger partial charge in [0.25, 0.3) is 0 Å². The van der Waals surface area contributed by atoms with E-state index in [0.29, 0.717) is 37.9 Å². The van der Waals surface area contributed by atoms with E-state index in [1.54, 1.807) is 12.1 Å². The quantitative estimate of drug-likeness (QED) is 0.785. The molecule has 0 radical (unpaired) electrons. The second-order valence-electron chi connectivity index (χ2n) is 7.90. The number of nitrogens with zero attached hydrogens (tertiary/aromatic N) is 3. The van der Waals surface area contributed by atoms with Gasteiger partial charge in [0, 0.05) is 36.7 Å². The van der Waals surface area contributed by atoms with Crippen LogP contribution in [0.5, 0.6) is 0 Å². The normalized spacial score (nSPS) is 26.6. The fourth-order valence-electron chi connectivity index (χ4n) is 5.14. The van der Waals surface area contributed by atoms with Crippen LogP contribution >= 0.6 is 0 Å². The molecule has 3 fully saturated rings. The van der Waals surface area contributed by atoms with E-state index in [1.807, 2.05) is 39.5 Å². The van der Waals surface area contributed by atoms with Gasteiger partial charge in [-0.05, 0) is 25.5 Å². The summed E-state index contributed by atoms with van der Waals surface area (Å²) in [4.78, 5) is 41.7. The number of carbonyl (C=O) groups excluding carboxylic acids is 2. The Labute approximate surface area is 162 Å². The highest BCUT2D eigenvalue weighted by molar-refractivity contribution is 5.86. The third-order valence-corrected chi connectivity index (χ3v) is 6.45. The van der Waals surface area contributed by atoms with Gasteiger partial charge in [-0.1, -0.05) is 12.1 Å². The minimum atomic E-state index is -0.633. The minimum absolute atomic E-state index is 0.0374. The maximum absolute atomic E-state index is 13.3. The number of likely N-dealkylation sites (tertiary alicyclic amines) is 1. The van der Waals surface area contributed by atoms with Crippen molar-refractivity contribution in [2.24, 2.45) is 0 Å². The highest BCUT2D eigenvalue weighted by Gasteiger charge is 2.61. The van der Waals surface area contributed by atoms with Crippen LogP contribution in [0.1, 0.15) is 25.0 Å². The molecule has 5 rings (SSSR count). The van der Waals surface area contributed by atoms with Crippen molar-refractivity contribution >= 4 is 22.7 Å². The van der Waals surface area contributed by atoms with Gasteiger partial charge in [0.1, 0.15) is 6.54 Å². The molecule has 0 N–H and O–H groups in total. The lowest BCUT2D eigenvalue weighted by Gasteiger charge is -2.42. The molecular formula is C21H23N3O4. The zero-order chi connectivity index (χ0) is 19.5. The molecule has 28 heavy (non-hydrogen) atoms. The second kappa shape index (κ2) is 6.17. The molecule has 1 spiro atoms. The maximum Gasteiger partial charge on any atom is 0.242 e. The summed E-state index contributed by atoms with van der Waals surface area (Å²) in [5, 5.41) is 0.608. The lowest BCUT2D eigenvalue weighted by Crippen LogP contribution is -2.56. The summed E-state index contributed by atoms with van der Waals surface area (Å²) in [6, 6.07) is 8.70. The van der Waals surface area contributed by atoms with Crippen molar-refractivity contribution in [2.45, 2.75) is 44.5 Å². The molecular weight excluding hydrogens is 358 g/mol. The first-order chi connectivity index (χ1) is 13.5. The number of carbonyl (C=O) groups is 2. The predicted molar refractivity (Wildman–Crippen MR) is 103 cm³/mol. The molecule has 3 aliphatic heterocycles. The molecule has 146 valence electrons. The van der Waals surface area contributed by atoms with Gasteiger partial charge in [-0.25, -0.2) is 0 Å². The van der Waals surface area contributed by atoms with Crippen molar-refractivity contribution < 1.29 is 14.3 Å². The van der Waals surface area contributed by atoms with Gasteiger partial charge in [-0.3, -0.25) is 14.4 Å². The monoisotopic (exact) mass is 381 g/mol. The molecule has 2 amide bonds. The predicted octanol–water partition coefficient (Wildman–Crippen LogP) is 1.26. The Morgan fingerprint density at radius 3 is 2.93 bits per heavy atom. The summed E-state index contributed by atoms with van der Waals surface area (Å²) in [5.41, 5.74) is 0.840. The molecule has 4 heterocycles. The molecule has 3 saturated heterocycles. The maximum atomic E-state index is 13.3. The van der Waals surface area contributed by atoms with Crippen LogP contribution in [-0.2, 0) is 20.9 Å². The molecule has 2 atom stereocenters. The molecule has 7 nitrogen and oxygen atoms in total. The first kappa shape index (κ1) is 17.4. The van der Waals surface area contributed by atoms with Crippen LogP contribution in [0.4, 0.5) is 0 Å². The largest absolute Gasteiger partial charge is 0.353 e. The van der Waals surface area contributed by atoms with E-state index in [0.717, 1.165) is 17.6 Å². The van der Waals surface area contributed by atoms with E-state index in [2.05, 4.69) is 0 Å². The summed E-state index contributed by atoms with van der Waals surface area (Å²) >= 11 is 0. The van der Waals surface area contributed by atoms with Gasteiger partial charge < -0.3 is 19.1 Å². The molecule has 0 aliphatic carbocycles. The van der Waals surface area contributed by atoms with E-state index in [9.17, 15) is 14.4 Å². The molecule has 0 bridgehead atoms. The van der Waals surface area contributed by atoms with Crippen LogP contribution in [-0.4, -0.2) is 57.6 Å². The van der Waals surface area contributed by atoms with Crippen LogP contribution in [0, 0.1) is 6.92 Å². The van der Waals surface area contributed by atoms with Crippen molar-refractivity contribution in [1.29, 1.82) is 0 Å². The average molecular weight is 381 g/mol. The van der Waals surface area contributed by atoms with Crippen molar-refractivity contribution in [1.82, 2.24) is 14.4 Å². The second-order valence-corrected chi connectivity index (χ2v) is 7.90. The van der Waals surface area contributed by atoms with E-state index in [-0.39, 0.29) is 29.8 Å². The van der Waals surface area contributed by atoms with Crippen molar-refractivity contribution in [2.75, 3.05) is 19.7 Å². The van der Waals surface area contributed by atoms with Gasteiger partial charge in [-0.2, -0.15) is 0 Å². The molecule has 3 aliphatic rings. The van der Waals surface area contributed by atoms with E-state index in [4.69, 9.17) is 4.74 Å².